The van der Waals surface area contributed by atoms with Gasteiger partial charge in [0.2, 0.25) is 0 Å². The lowest BCUT2D eigenvalue weighted by Crippen LogP contribution is -2.31. The van der Waals surface area contributed by atoms with Gasteiger partial charge in [-0.2, -0.15) is 0 Å². The van der Waals surface area contributed by atoms with Crippen molar-refractivity contribution in [2.75, 3.05) is 0 Å². The average Bonchev–Trinajstić information content (AvgIpc) is 2.26. The van der Waals surface area contributed by atoms with Gasteiger partial charge in [0.15, 0.2) is 0 Å². The molecule has 4 heteroatoms. The van der Waals surface area contributed by atoms with E-state index in [4.69, 9.17) is 5.11 Å². The lowest BCUT2D eigenvalue weighted by atomic mass is 10.1. The van der Waals surface area contributed by atoms with Crippen molar-refractivity contribution in [1.82, 2.24) is 5.32 Å². The fourth-order valence-electron chi connectivity index (χ4n) is 1.21. The first-order valence-corrected chi connectivity index (χ1v) is 4.83. The van der Waals surface area contributed by atoms with Crippen LogP contribution in [0, 0.1) is 0 Å². The summed E-state index contributed by atoms with van der Waals surface area (Å²) < 4.78 is 24.3. The summed E-state index contributed by atoms with van der Waals surface area (Å²) in [5.74, 6) is 0. The first kappa shape index (κ1) is 12.1. The maximum atomic E-state index is 12.2. The molecule has 0 heterocycles. The summed E-state index contributed by atoms with van der Waals surface area (Å²) >= 11 is 0. The Bertz CT molecular complexity index is 304. The Labute approximate surface area is 87.9 Å². The van der Waals surface area contributed by atoms with Crippen LogP contribution in [0.3, 0.4) is 0 Å². The van der Waals surface area contributed by atoms with Crippen LogP contribution in [0.15, 0.2) is 24.3 Å². The van der Waals surface area contributed by atoms with Gasteiger partial charge in [-0.25, -0.2) is 8.78 Å². The van der Waals surface area contributed by atoms with E-state index in [1.807, 2.05) is 6.07 Å². The molecule has 84 valence electrons. The van der Waals surface area contributed by atoms with Crippen LogP contribution in [-0.2, 0) is 13.2 Å². The van der Waals surface area contributed by atoms with E-state index in [1.54, 1.807) is 18.2 Å². The number of nitrogens with one attached hydrogen (secondary N) is 1. The summed E-state index contributed by atoms with van der Waals surface area (Å²) in [4.78, 5) is 0. The first-order chi connectivity index (χ1) is 7.13. The molecule has 0 aromatic heterocycles. The van der Waals surface area contributed by atoms with Crippen LogP contribution in [0.25, 0.3) is 0 Å². The molecule has 0 saturated carbocycles. The highest BCUT2D eigenvalue weighted by molar-refractivity contribution is 5.22. The van der Waals surface area contributed by atoms with E-state index >= 15 is 0 Å². The zero-order chi connectivity index (χ0) is 11.3. The molecule has 0 aliphatic rings. The number of benzene rings is 1. The van der Waals surface area contributed by atoms with E-state index in [0.29, 0.717) is 6.54 Å². The van der Waals surface area contributed by atoms with Gasteiger partial charge < -0.3 is 10.4 Å². The molecular formula is C11H15F2NO. The van der Waals surface area contributed by atoms with Crippen LogP contribution >= 0.6 is 0 Å². The fraction of sp³-hybridized carbons (Fsp3) is 0.455. The molecular weight excluding hydrogens is 200 g/mol. The molecule has 1 atom stereocenters. The largest absolute Gasteiger partial charge is 0.392 e. The van der Waals surface area contributed by atoms with Crippen molar-refractivity contribution in [3.05, 3.63) is 35.4 Å². The fourth-order valence-corrected chi connectivity index (χ4v) is 1.21. The third-order valence-corrected chi connectivity index (χ3v) is 2.18. The van der Waals surface area contributed by atoms with Gasteiger partial charge in [-0.05, 0) is 18.1 Å². The van der Waals surface area contributed by atoms with E-state index in [0.717, 1.165) is 11.1 Å². The molecule has 0 amide bonds. The Morgan fingerprint density at radius 1 is 1.33 bits per heavy atom. The maximum Gasteiger partial charge on any atom is 0.253 e. The summed E-state index contributed by atoms with van der Waals surface area (Å²) in [6.07, 6.45) is -2.36. The van der Waals surface area contributed by atoms with Crippen LogP contribution < -0.4 is 5.32 Å². The zero-order valence-electron chi connectivity index (χ0n) is 8.58. The van der Waals surface area contributed by atoms with E-state index < -0.39 is 12.5 Å². The standard InChI is InChI=1S/C11H15F2NO/c1-8(11(12)13)14-6-9-3-2-4-10(5-9)7-15/h2-5,8,11,14-15H,6-7H2,1H3. The van der Waals surface area contributed by atoms with Crippen molar-refractivity contribution in [3.8, 4) is 0 Å². The predicted molar refractivity (Wildman–Crippen MR) is 54.7 cm³/mol. The summed E-state index contributed by atoms with van der Waals surface area (Å²) in [7, 11) is 0. The highest BCUT2D eigenvalue weighted by atomic mass is 19.3. The number of alkyl halides is 2. The molecule has 2 nitrogen and oxygen atoms in total. The lowest BCUT2D eigenvalue weighted by molar-refractivity contribution is 0.105. The topological polar surface area (TPSA) is 32.3 Å². The summed E-state index contributed by atoms with van der Waals surface area (Å²) in [5, 5.41) is 11.6. The number of rotatable bonds is 5. The molecule has 0 saturated heterocycles. The predicted octanol–water partition coefficient (Wildman–Crippen LogP) is 1.92. The maximum absolute atomic E-state index is 12.2. The first-order valence-electron chi connectivity index (χ1n) is 4.83. The van der Waals surface area contributed by atoms with Gasteiger partial charge in [-0.15, -0.1) is 0 Å². The highest BCUT2D eigenvalue weighted by Gasteiger charge is 2.12. The Morgan fingerprint density at radius 2 is 2.00 bits per heavy atom. The van der Waals surface area contributed by atoms with Gasteiger partial charge in [-0.3, -0.25) is 0 Å². The van der Waals surface area contributed by atoms with Crippen molar-refractivity contribution in [2.45, 2.75) is 32.5 Å². The van der Waals surface area contributed by atoms with Crippen LogP contribution in [0.2, 0.25) is 0 Å². The number of hydrogen-bond acceptors (Lipinski definition) is 2. The second-order valence-corrected chi connectivity index (χ2v) is 3.48. The summed E-state index contributed by atoms with van der Waals surface area (Å²) in [6.45, 7) is 1.80. The third-order valence-electron chi connectivity index (χ3n) is 2.18. The minimum Gasteiger partial charge on any atom is -0.392 e. The molecule has 0 fully saturated rings. The molecule has 0 bridgehead atoms. The Kier molecular flexibility index (Phi) is 4.65. The van der Waals surface area contributed by atoms with Crippen molar-refractivity contribution >= 4 is 0 Å². The Hall–Kier alpha value is -1.00. The van der Waals surface area contributed by atoms with Gasteiger partial charge in [0, 0.05) is 6.54 Å². The molecule has 1 aromatic rings. The van der Waals surface area contributed by atoms with Crippen molar-refractivity contribution in [1.29, 1.82) is 0 Å². The SMILES string of the molecule is CC(NCc1cccc(CO)c1)C(F)F. The van der Waals surface area contributed by atoms with Crippen molar-refractivity contribution < 1.29 is 13.9 Å². The van der Waals surface area contributed by atoms with Gasteiger partial charge in [0.25, 0.3) is 6.43 Å². The quantitative estimate of drug-likeness (QED) is 0.786. The smallest absolute Gasteiger partial charge is 0.253 e. The molecule has 0 aliphatic carbocycles. The molecule has 0 aliphatic heterocycles. The van der Waals surface area contributed by atoms with E-state index in [1.165, 1.54) is 6.92 Å². The van der Waals surface area contributed by atoms with Gasteiger partial charge in [0.05, 0.1) is 12.6 Å². The second kappa shape index (κ2) is 5.78. The molecule has 1 aromatic carbocycles. The monoisotopic (exact) mass is 215 g/mol. The van der Waals surface area contributed by atoms with E-state index in [9.17, 15) is 8.78 Å². The van der Waals surface area contributed by atoms with Crippen LogP contribution in [0.5, 0.6) is 0 Å². The van der Waals surface area contributed by atoms with Crippen LogP contribution in [-0.4, -0.2) is 17.6 Å². The number of aliphatic hydroxyl groups excluding tert-OH is 1. The number of hydrogen-bond donors (Lipinski definition) is 2. The normalized spacial score (nSPS) is 13.1. The minimum atomic E-state index is -2.36. The second-order valence-electron chi connectivity index (χ2n) is 3.48. The molecule has 2 N–H and O–H groups in total. The number of halogens is 2. The van der Waals surface area contributed by atoms with Crippen LogP contribution in [0.1, 0.15) is 18.1 Å². The summed E-state index contributed by atoms with van der Waals surface area (Å²) in [6, 6.07) is 6.41. The van der Waals surface area contributed by atoms with Gasteiger partial charge in [-0.1, -0.05) is 24.3 Å². The van der Waals surface area contributed by atoms with Gasteiger partial charge in [0.1, 0.15) is 0 Å². The Morgan fingerprint density at radius 3 is 2.60 bits per heavy atom. The highest BCUT2D eigenvalue weighted by Crippen LogP contribution is 2.06. The van der Waals surface area contributed by atoms with Crippen LogP contribution in [0.4, 0.5) is 8.78 Å². The molecule has 1 unspecified atom stereocenters. The lowest BCUT2D eigenvalue weighted by Gasteiger charge is -2.12. The molecule has 0 spiro atoms. The number of aliphatic hydroxyl groups is 1. The molecule has 15 heavy (non-hydrogen) atoms. The minimum absolute atomic E-state index is 0.0295. The Balaban J connectivity index is 2.50. The average molecular weight is 215 g/mol. The third kappa shape index (κ3) is 3.93. The van der Waals surface area contributed by atoms with E-state index in [2.05, 4.69) is 5.32 Å². The zero-order valence-corrected chi connectivity index (χ0v) is 8.58. The summed E-state index contributed by atoms with van der Waals surface area (Å²) in [5.41, 5.74) is 1.69. The van der Waals surface area contributed by atoms with Gasteiger partial charge >= 0.3 is 0 Å². The van der Waals surface area contributed by atoms with E-state index in [-0.39, 0.29) is 6.61 Å². The molecule has 0 radical (unpaired) electrons. The molecule has 1 rings (SSSR count). The van der Waals surface area contributed by atoms with Crippen molar-refractivity contribution in [3.63, 3.8) is 0 Å². The van der Waals surface area contributed by atoms with Crippen molar-refractivity contribution in [2.24, 2.45) is 0 Å².